The molecular weight excluding hydrogens is 382 g/mol. The average molecular weight is 403 g/mol. The van der Waals surface area contributed by atoms with E-state index in [0.29, 0.717) is 11.3 Å². The highest BCUT2D eigenvalue weighted by molar-refractivity contribution is 5.71. The standard InChI is InChI=1S/C28H21NO2/c30-27-25(26(29-31-27)21-13-5-1-6-14-21)28(22-15-7-2-8-16-22,23-17-9-3-10-18-23)24-19-11-4-12-20-24/h1-20,29H. The van der Waals surface area contributed by atoms with Gasteiger partial charge in [0.15, 0.2) is 0 Å². The van der Waals surface area contributed by atoms with Gasteiger partial charge in [-0.1, -0.05) is 121 Å². The zero-order chi connectivity index (χ0) is 21.1. The van der Waals surface area contributed by atoms with E-state index in [4.69, 9.17) is 4.52 Å². The van der Waals surface area contributed by atoms with E-state index in [-0.39, 0.29) is 5.63 Å². The maximum Gasteiger partial charge on any atom is 0.362 e. The monoisotopic (exact) mass is 403 g/mol. The molecule has 1 heterocycles. The smallest absolute Gasteiger partial charge is 0.338 e. The van der Waals surface area contributed by atoms with Crippen molar-refractivity contribution in [1.29, 1.82) is 0 Å². The Morgan fingerprint density at radius 1 is 0.548 bits per heavy atom. The van der Waals surface area contributed by atoms with Crippen LogP contribution in [0.5, 0.6) is 0 Å². The van der Waals surface area contributed by atoms with Crippen molar-refractivity contribution < 1.29 is 4.52 Å². The Kier molecular flexibility index (Phi) is 4.85. The molecule has 0 fully saturated rings. The van der Waals surface area contributed by atoms with Gasteiger partial charge >= 0.3 is 5.63 Å². The molecule has 5 aromatic rings. The Morgan fingerprint density at radius 2 is 0.935 bits per heavy atom. The Morgan fingerprint density at radius 3 is 1.35 bits per heavy atom. The van der Waals surface area contributed by atoms with Crippen LogP contribution in [-0.2, 0) is 5.41 Å². The third kappa shape index (κ3) is 3.11. The van der Waals surface area contributed by atoms with E-state index in [2.05, 4.69) is 41.6 Å². The van der Waals surface area contributed by atoms with Gasteiger partial charge in [-0.05, 0) is 16.7 Å². The highest BCUT2D eigenvalue weighted by Gasteiger charge is 2.43. The first-order chi connectivity index (χ1) is 15.3. The number of hydrogen-bond donors (Lipinski definition) is 1. The molecular formula is C28H21NO2. The zero-order valence-corrected chi connectivity index (χ0v) is 16.9. The van der Waals surface area contributed by atoms with E-state index in [0.717, 1.165) is 22.3 Å². The minimum atomic E-state index is -0.852. The molecule has 0 radical (unpaired) electrons. The lowest BCUT2D eigenvalue weighted by molar-refractivity contribution is 0.390. The average Bonchev–Trinajstić information content (AvgIpc) is 3.24. The summed E-state index contributed by atoms with van der Waals surface area (Å²) in [6.07, 6.45) is 0. The van der Waals surface area contributed by atoms with Gasteiger partial charge in [0.05, 0.1) is 16.7 Å². The first-order valence-corrected chi connectivity index (χ1v) is 10.3. The maximum atomic E-state index is 13.4. The van der Waals surface area contributed by atoms with E-state index in [1.165, 1.54) is 0 Å². The van der Waals surface area contributed by atoms with Crippen LogP contribution >= 0.6 is 0 Å². The second-order valence-electron chi connectivity index (χ2n) is 7.46. The van der Waals surface area contributed by atoms with Crippen LogP contribution < -0.4 is 5.63 Å². The maximum absolute atomic E-state index is 13.4. The van der Waals surface area contributed by atoms with E-state index in [1.54, 1.807) is 0 Å². The van der Waals surface area contributed by atoms with Crippen LogP contribution in [-0.4, -0.2) is 5.16 Å². The third-order valence-corrected chi connectivity index (χ3v) is 5.76. The van der Waals surface area contributed by atoms with Gasteiger partial charge in [-0.3, -0.25) is 0 Å². The summed E-state index contributed by atoms with van der Waals surface area (Å²) in [4.78, 5) is 13.4. The Balaban J connectivity index is 1.96. The lowest BCUT2D eigenvalue weighted by atomic mass is 9.65. The molecule has 31 heavy (non-hydrogen) atoms. The summed E-state index contributed by atoms with van der Waals surface area (Å²) in [5.41, 5.74) is 3.91. The van der Waals surface area contributed by atoms with Crippen LogP contribution in [0.4, 0.5) is 0 Å². The van der Waals surface area contributed by atoms with Crippen molar-refractivity contribution >= 4 is 0 Å². The van der Waals surface area contributed by atoms with Crippen LogP contribution in [0.1, 0.15) is 22.3 Å². The molecule has 3 nitrogen and oxygen atoms in total. The van der Waals surface area contributed by atoms with Crippen LogP contribution in [0, 0.1) is 0 Å². The van der Waals surface area contributed by atoms with Crippen molar-refractivity contribution in [1.82, 2.24) is 5.16 Å². The largest absolute Gasteiger partial charge is 0.362 e. The molecule has 0 amide bonds. The van der Waals surface area contributed by atoms with Gasteiger partial charge in [-0.15, -0.1) is 0 Å². The minimum absolute atomic E-state index is 0.379. The number of aromatic amines is 1. The lowest BCUT2D eigenvalue weighted by Crippen LogP contribution is -2.35. The zero-order valence-electron chi connectivity index (χ0n) is 16.9. The molecule has 0 spiro atoms. The predicted octanol–water partition coefficient (Wildman–Crippen LogP) is 6.02. The first kappa shape index (κ1) is 18.9. The number of hydrogen-bond acceptors (Lipinski definition) is 2. The number of rotatable bonds is 5. The summed E-state index contributed by atoms with van der Waals surface area (Å²) in [5, 5.41) is 2.92. The van der Waals surface area contributed by atoms with Crippen molar-refractivity contribution in [3.63, 3.8) is 0 Å². The van der Waals surface area contributed by atoms with Gasteiger partial charge in [0.25, 0.3) is 0 Å². The van der Waals surface area contributed by atoms with Gasteiger partial charge in [-0.2, -0.15) is 0 Å². The molecule has 0 saturated heterocycles. The Labute approximate surface area is 180 Å². The van der Waals surface area contributed by atoms with Crippen molar-refractivity contribution in [2.45, 2.75) is 5.41 Å². The summed E-state index contributed by atoms with van der Waals surface area (Å²) in [5.74, 6) is 0. The highest BCUT2D eigenvalue weighted by Crippen LogP contribution is 2.46. The van der Waals surface area contributed by atoms with Gasteiger partial charge in [0.1, 0.15) is 0 Å². The quantitative estimate of drug-likeness (QED) is 0.365. The molecule has 0 aliphatic heterocycles. The van der Waals surface area contributed by atoms with E-state index in [1.807, 2.05) is 84.9 Å². The molecule has 1 N–H and O–H groups in total. The van der Waals surface area contributed by atoms with Crippen LogP contribution in [0.2, 0.25) is 0 Å². The lowest BCUT2D eigenvalue weighted by Gasteiger charge is -2.35. The summed E-state index contributed by atoms with van der Waals surface area (Å²) in [6.45, 7) is 0. The minimum Gasteiger partial charge on any atom is -0.338 e. The highest BCUT2D eigenvalue weighted by atomic mass is 16.5. The van der Waals surface area contributed by atoms with Gasteiger partial charge in [0, 0.05) is 5.56 Å². The molecule has 5 rings (SSSR count). The molecule has 150 valence electrons. The summed E-state index contributed by atoms with van der Waals surface area (Å²) >= 11 is 0. The number of H-pyrrole nitrogens is 1. The number of nitrogens with one attached hydrogen (secondary N) is 1. The molecule has 0 aliphatic rings. The third-order valence-electron chi connectivity index (χ3n) is 5.76. The second-order valence-corrected chi connectivity index (χ2v) is 7.46. The van der Waals surface area contributed by atoms with Gasteiger partial charge in [-0.25, -0.2) is 9.95 Å². The fourth-order valence-electron chi connectivity index (χ4n) is 4.45. The van der Waals surface area contributed by atoms with Crippen LogP contribution in [0.25, 0.3) is 11.3 Å². The molecule has 0 bridgehead atoms. The molecule has 3 heteroatoms. The van der Waals surface area contributed by atoms with Crippen LogP contribution in [0.15, 0.2) is 131 Å². The predicted molar refractivity (Wildman–Crippen MR) is 123 cm³/mol. The van der Waals surface area contributed by atoms with E-state index < -0.39 is 5.41 Å². The number of benzene rings is 4. The first-order valence-electron chi connectivity index (χ1n) is 10.3. The van der Waals surface area contributed by atoms with E-state index in [9.17, 15) is 4.79 Å². The molecule has 0 aliphatic carbocycles. The van der Waals surface area contributed by atoms with Crippen molar-refractivity contribution in [2.24, 2.45) is 0 Å². The molecule has 1 aromatic heterocycles. The normalized spacial score (nSPS) is 11.4. The van der Waals surface area contributed by atoms with E-state index >= 15 is 0 Å². The fourth-order valence-corrected chi connectivity index (χ4v) is 4.45. The summed E-state index contributed by atoms with van der Waals surface area (Å²) < 4.78 is 5.44. The van der Waals surface area contributed by atoms with Gasteiger partial charge < -0.3 is 4.52 Å². The molecule has 0 atom stereocenters. The van der Waals surface area contributed by atoms with Crippen molar-refractivity contribution in [2.75, 3.05) is 0 Å². The topological polar surface area (TPSA) is 46.0 Å². The number of aromatic nitrogens is 1. The SMILES string of the molecule is O=c1o[nH]c(-c2ccccc2)c1C(c1ccccc1)(c1ccccc1)c1ccccc1. The molecule has 0 saturated carbocycles. The summed E-state index contributed by atoms with van der Waals surface area (Å²) in [7, 11) is 0. The van der Waals surface area contributed by atoms with Crippen molar-refractivity contribution in [3.05, 3.63) is 154 Å². The fraction of sp³-hybridized carbons (Fsp3) is 0.0357. The van der Waals surface area contributed by atoms with Gasteiger partial charge in [0.2, 0.25) is 0 Å². The second kappa shape index (κ2) is 7.96. The Hall–Kier alpha value is -4.11. The molecule has 4 aromatic carbocycles. The van der Waals surface area contributed by atoms with Crippen LogP contribution in [0.3, 0.4) is 0 Å². The van der Waals surface area contributed by atoms with Crippen molar-refractivity contribution in [3.8, 4) is 11.3 Å². The molecule has 0 unspecified atom stereocenters. The summed E-state index contributed by atoms with van der Waals surface area (Å²) in [6, 6.07) is 40.3. The Bertz CT molecular complexity index is 1230.